The van der Waals surface area contributed by atoms with Gasteiger partial charge in [0.05, 0.1) is 0 Å². The standard InChI is InChI=1S/C16H18BFO3/c1-10-6-11(2)16(12(3)7-10)21-9-13-4-5-15(18)14(8-13)17(19)20/h4-8,19-20H,9H2,1-3H3. The number of hydrogen-bond acceptors (Lipinski definition) is 3. The third kappa shape index (κ3) is 3.62. The molecule has 0 heterocycles. The van der Waals surface area contributed by atoms with E-state index in [0.717, 1.165) is 16.9 Å². The fraction of sp³-hybridized carbons (Fsp3) is 0.250. The molecule has 0 saturated carbocycles. The summed E-state index contributed by atoms with van der Waals surface area (Å²) in [5.41, 5.74) is 3.78. The third-order valence-corrected chi connectivity index (χ3v) is 3.33. The Labute approximate surface area is 124 Å². The maximum Gasteiger partial charge on any atom is 0.491 e. The normalized spacial score (nSPS) is 10.6. The molecule has 3 nitrogen and oxygen atoms in total. The SMILES string of the molecule is Cc1cc(C)c(OCc2ccc(F)c(B(O)O)c2)c(C)c1. The van der Waals surface area contributed by atoms with Crippen molar-refractivity contribution in [3.63, 3.8) is 0 Å². The van der Waals surface area contributed by atoms with Gasteiger partial charge in [0.1, 0.15) is 18.2 Å². The first-order chi connectivity index (χ1) is 9.88. The van der Waals surface area contributed by atoms with Crippen LogP contribution in [0.1, 0.15) is 22.3 Å². The lowest BCUT2D eigenvalue weighted by molar-refractivity contribution is 0.302. The molecule has 2 aromatic rings. The van der Waals surface area contributed by atoms with Crippen LogP contribution >= 0.6 is 0 Å². The fourth-order valence-electron chi connectivity index (χ4n) is 2.43. The molecule has 0 aromatic heterocycles. The molecular formula is C16H18BFO3. The van der Waals surface area contributed by atoms with Crippen molar-refractivity contribution in [2.24, 2.45) is 0 Å². The van der Waals surface area contributed by atoms with Crippen LogP contribution in [0.3, 0.4) is 0 Å². The van der Waals surface area contributed by atoms with Crippen LogP contribution in [0.15, 0.2) is 30.3 Å². The van der Waals surface area contributed by atoms with Gasteiger partial charge in [0.2, 0.25) is 0 Å². The lowest BCUT2D eigenvalue weighted by Gasteiger charge is -2.14. The zero-order valence-electron chi connectivity index (χ0n) is 12.4. The average molecular weight is 288 g/mol. The number of benzene rings is 2. The predicted octanol–water partition coefficient (Wildman–Crippen LogP) is 2.01. The summed E-state index contributed by atoms with van der Waals surface area (Å²) in [4.78, 5) is 0. The Balaban J connectivity index is 2.19. The highest BCUT2D eigenvalue weighted by atomic mass is 19.1. The van der Waals surface area contributed by atoms with Crippen molar-refractivity contribution in [3.05, 3.63) is 58.4 Å². The molecule has 0 saturated heterocycles. The second-order valence-electron chi connectivity index (χ2n) is 5.25. The lowest BCUT2D eigenvalue weighted by atomic mass is 9.79. The molecule has 0 aliphatic heterocycles. The summed E-state index contributed by atoms with van der Waals surface area (Å²) < 4.78 is 19.2. The summed E-state index contributed by atoms with van der Waals surface area (Å²) in [6.45, 7) is 6.22. The topological polar surface area (TPSA) is 49.7 Å². The maximum atomic E-state index is 13.4. The fourth-order valence-corrected chi connectivity index (χ4v) is 2.43. The van der Waals surface area contributed by atoms with E-state index in [1.54, 1.807) is 6.07 Å². The first-order valence-electron chi connectivity index (χ1n) is 6.73. The Morgan fingerprint density at radius 3 is 2.24 bits per heavy atom. The summed E-state index contributed by atoms with van der Waals surface area (Å²) in [6.07, 6.45) is 0. The van der Waals surface area contributed by atoms with Gasteiger partial charge in [0.25, 0.3) is 0 Å². The van der Waals surface area contributed by atoms with Gasteiger partial charge in [-0.1, -0.05) is 29.8 Å². The Morgan fingerprint density at radius 1 is 1.05 bits per heavy atom. The van der Waals surface area contributed by atoms with Gasteiger partial charge in [-0.05, 0) is 43.5 Å². The van der Waals surface area contributed by atoms with E-state index in [1.165, 1.54) is 17.7 Å². The first kappa shape index (κ1) is 15.5. The Kier molecular flexibility index (Phi) is 4.65. The number of hydrogen-bond donors (Lipinski definition) is 2. The second kappa shape index (κ2) is 6.29. The molecule has 0 aliphatic rings. The summed E-state index contributed by atoms with van der Waals surface area (Å²) in [5.74, 6) is 0.160. The van der Waals surface area contributed by atoms with Crippen molar-refractivity contribution in [2.75, 3.05) is 0 Å². The van der Waals surface area contributed by atoms with Crippen LogP contribution in [0.4, 0.5) is 4.39 Å². The molecule has 0 unspecified atom stereocenters. The number of ether oxygens (including phenoxy) is 1. The minimum absolute atomic E-state index is 0.145. The van der Waals surface area contributed by atoms with Crippen LogP contribution < -0.4 is 10.2 Å². The molecule has 0 amide bonds. The van der Waals surface area contributed by atoms with E-state index in [2.05, 4.69) is 0 Å². The van der Waals surface area contributed by atoms with E-state index in [1.807, 2.05) is 32.9 Å². The third-order valence-electron chi connectivity index (χ3n) is 3.33. The van der Waals surface area contributed by atoms with Crippen molar-refractivity contribution in [1.82, 2.24) is 0 Å². The largest absolute Gasteiger partial charge is 0.491 e. The molecule has 110 valence electrons. The lowest BCUT2D eigenvalue weighted by Crippen LogP contribution is -2.33. The van der Waals surface area contributed by atoms with Crippen LogP contribution in [0.25, 0.3) is 0 Å². The van der Waals surface area contributed by atoms with Gasteiger partial charge >= 0.3 is 7.12 Å². The second-order valence-corrected chi connectivity index (χ2v) is 5.25. The molecule has 0 aliphatic carbocycles. The van der Waals surface area contributed by atoms with Gasteiger partial charge in [0.15, 0.2) is 0 Å². The smallest absolute Gasteiger partial charge is 0.488 e. The molecule has 0 bridgehead atoms. The Hall–Kier alpha value is -1.85. The number of aryl methyl sites for hydroxylation is 3. The van der Waals surface area contributed by atoms with Crippen LogP contribution in [0, 0.1) is 26.6 Å². The molecule has 0 atom stereocenters. The maximum absolute atomic E-state index is 13.4. The van der Waals surface area contributed by atoms with Gasteiger partial charge in [-0.25, -0.2) is 4.39 Å². The van der Waals surface area contributed by atoms with E-state index in [4.69, 9.17) is 14.8 Å². The highest BCUT2D eigenvalue weighted by molar-refractivity contribution is 6.58. The summed E-state index contributed by atoms with van der Waals surface area (Å²) in [6, 6.07) is 8.26. The van der Waals surface area contributed by atoms with Gasteiger partial charge in [0, 0.05) is 5.46 Å². The van der Waals surface area contributed by atoms with Gasteiger partial charge in [-0.3, -0.25) is 0 Å². The molecule has 2 N–H and O–H groups in total. The quantitative estimate of drug-likeness (QED) is 0.846. The molecule has 0 radical (unpaired) electrons. The molecule has 21 heavy (non-hydrogen) atoms. The van der Waals surface area contributed by atoms with E-state index in [-0.39, 0.29) is 12.1 Å². The molecule has 0 spiro atoms. The van der Waals surface area contributed by atoms with Crippen molar-refractivity contribution in [2.45, 2.75) is 27.4 Å². The molecule has 2 aromatic carbocycles. The van der Waals surface area contributed by atoms with Crippen molar-refractivity contribution in [1.29, 1.82) is 0 Å². The zero-order valence-corrected chi connectivity index (χ0v) is 12.4. The summed E-state index contributed by atoms with van der Waals surface area (Å²) >= 11 is 0. The summed E-state index contributed by atoms with van der Waals surface area (Å²) in [7, 11) is -1.83. The van der Waals surface area contributed by atoms with Crippen LogP contribution in [0.2, 0.25) is 0 Å². The summed E-state index contributed by atoms with van der Waals surface area (Å²) in [5, 5.41) is 18.2. The van der Waals surface area contributed by atoms with Crippen LogP contribution in [-0.4, -0.2) is 17.2 Å². The van der Waals surface area contributed by atoms with Gasteiger partial charge < -0.3 is 14.8 Å². The molecule has 2 rings (SSSR count). The van der Waals surface area contributed by atoms with Gasteiger partial charge in [-0.2, -0.15) is 0 Å². The molecule has 0 fully saturated rings. The monoisotopic (exact) mass is 288 g/mol. The van der Waals surface area contributed by atoms with Crippen molar-refractivity contribution >= 4 is 12.6 Å². The van der Waals surface area contributed by atoms with E-state index >= 15 is 0 Å². The van der Waals surface area contributed by atoms with Gasteiger partial charge in [-0.15, -0.1) is 0 Å². The Bertz CT molecular complexity index is 633. The average Bonchev–Trinajstić information content (AvgIpc) is 2.38. The number of halogens is 1. The Morgan fingerprint density at radius 2 is 1.67 bits per heavy atom. The highest BCUT2D eigenvalue weighted by Crippen LogP contribution is 2.25. The van der Waals surface area contributed by atoms with E-state index in [9.17, 15) is 4.39 Å². The predicted molar refractivity (Wildman–Crippen MR) is 81.2 cm³/mol. The minimum atomic E-state index is -1.83. The molecular weight excluding hydrogens is 270 g/mol. The van der Waals surface area contributed by atoms with E-state index in [0.29, 0.717) is 5.56 Å². The van der Waals surface area contributed by atoms with Crippen LogP contribution in [-0.2, 0) is 6.61 Å². The van der Waals surface area contributed by atoms with Crippen LogP contribution in [0.5, 0.6) is 5.75 Å². The minimum Gasteiger partial charge on any atom is -0.488 e. The first-order valence-corrected chi connectivity index (χ1v) is 6.73. The van der Waals surface area contributed by atoms with Crippen molar-refractivity contribution in [3.8, 4) is 5.75 Å². The highest BCUT2D eigenvalue weighted by Gasteiger charge is 2.17. The zero-order chi connectivity index (χ0) is 15.6. The van der Waals surface area contributed by atoms with Crippen molar-refractivity contribution < 1.29 is 19.2 Å². The number of rotatable bonds is 4. The van der Waals surface area contributed by atoms with E-state index < -0.39 is 12.9 Å². The molecule has 5 heteroatoms.